The van der Waals surface area contributed by atoms with E-state index in [9.17, 15) is 9.59 Å². The Morgan fingerprint density at radius 1 is 1.24 bits per heavy atom. The molecule has 2 aromatic heterocycles. The predicted molar refractivity (Wildman–Crippen MR) is 64.6 cm³/mol. The summed E-state index contributed by atoms with van der Waals surface area (Å²) in [5, 5.41) is 3.64. The van der Waals surface area contributed by atoms with Gasteiger partial charge >= 0.3 is 5.76 Å². The highest BCUT2D eigenvalue weighted by Gasteiger charge is 2.11. The van der Waals surface area contributed by atoms with E-state index in [1.54, 1.807) is 29.6 Å². The van der Waals surface area contributed by atoms with Crippen molar-refractivity contribution in [3.05, 3.63) is 56.7 Å². The number of nitrogens with one attached hydrogen (secondary N) is 1. The molecule has 1 N–H and O–H groups in total. The first-order valence-corrected chi connectivity index (χ1v) is 5.88. The third-order valence-corrected chi connectivity index (χ3v) is 3.15. The third kappa shape index (κ3) is 1.70. The van der Waals surface area contributed by atoms with E-state index in [4.69, 9.17) is 4.42 Å². The first kappa shape index (κ1) is 10.0. The summed E-state index contributed by atoms with van der Waals surface area (Å²) in [5.74, 6) is -0.586. The molecule has 3 aromatic rings. The average Bonchev–Trinajstić information content (AvgIpc) is 2.94. The number of aromatic nitrogens is 1. The van der Waals surface area contributed by atoms with Crippen molar-refractivity contribution in [2.45, 2.75) is 0 Å². The summed E-state index contributed by atoms with van der Waals surface area (Å²) in [4.78, 5) is 25.6. The molecule has 17 heavy (non-hydrogen) atoms. The van der Waals surface area contributed by atoms with Crippen LogP contribution in [-0.2, 0) is 0 Å². The number of oxazole rings is 1. The van der Waals surface area contributed by atoms with E-state index >= 15 is 0 Å². The molecule has 0 saturated carbocycles. The molecule has 0 aliphatic carbocycles. The Morgan fingerprint density at radius 3 is 2.88 bits per heavy atom. The van der Waals surface area contributed by atoms with Gasteiger partial charge in [-0.1, -0.05) is 0 Å². The molecule has 2 heterocycles. The second kappa shape index (κ2) is 3.71. The topological polar surface area (TPSA) is 63.1 Å². The van der Waals surface area contributed by atoms with Crippen LogP contribution in [0, 0.1) is 0 Å². The largest absolute Gasteiger partial charge is 0.417 e. The van der Waals surface area contributed by atoms with Crippen molar-refractivity contribution in [1.82, 2.24) is 4.98 Å². The Morgan fingerprint density at radius 2 is 2.12 bits per heavy atom. The second-order valence-corrected chi connectivity index (χ2v) is 4.35. The van der Waals surface area contributed by atoms with Gasteiger partial charge in [-0.2, -0.15) is 11.3 Å². The fourth-order valence-corrected chi connectivity index (χ4v) is 2.28. The van der Waals surface area contributed by atoms with Crippen LogP contribution in [0.15, 0.2) is 44.2 Å². The van der Waals surface area contributed by atoms with Crippen molar-refractivity contribution in [1.29, 1.82) is 0 Å². The lowest BCUT2D eigenvalue weighted by molar-refractivity contribution is 0.103. The summed E-state index contributed by atoms with van der Waals surface area (Å²) >= 11 is 1.47. The highest BCUT2D eigenvalue weighted by atomic mass is 32.1. The van der Waals surface area contributed by atoms with Crippen LogP contribution in [-0.4, -0.2) is 10.8 Å². The number of ketones is 1. The zero-order chi connectivity index (χ0) is 11.8. The lowest BCUT2D eigenvalue weighted by atomic mass is 10.1. The van der Waals surface area contributed by atoms with E-state index in [-0.39, 0.29) is 5.78 Å². The van der Waals surface area contributed by atoms with Crippen molar-refractivity contribution < 1.29 is 9.21 Å². The molecule has 4 nitrogen and oxygen atoms in total. The fraction of sp³-hybridized carbons (Fsp3) is 0. The summed E-state index contributed by atoms with van der Waals surface area (Å²) in [7, 11) is 0. The van der Waals surface area contributed by atoms with Gasteiger partial charge in [-0.05, 0) is 29.6 Å². The molecule has 0 atom stereocenters. The zero-order valence-corrected chi connectivity index (χ0v) is 9.41. The number of H-pyrrole nitrogens is 1. The molecule has 0 aliphatic rings. The Balaban J connectivity index is 2.12. The normalized spacial score (nSPS) is 10.8. The standard InChI is InChI=1S/C12H7NO3S/c14-11(8-3-4-17-6-8)7-1-2-9-10(5-7)16-12(15)13-9/h1-6H,(H,13,15). The van der Waals surface area contributed by atoms with Crippen molar-refractivity contribution in [2.24, 2.45) is 0 Å². The molecular formula is C12H7NO3S. The van der Waals surface area contributed by atoms with Gasteiger partial charge in [-0.25, -0.2) is 4.79 Å². The Kier molecular flexibility index (Phi) is 2.19. The van der Waals surface area contributed by atoms with Crippen molar-refractivity contribution >= 4 is 28.2 Å². The summed E-state index contributed by atoms with van der Waals surface area (Å²) < 4.78 is 4.92. The molecule has 5 heteroatoms. The van der Waals surface area contributed by atoms with Gasteiger partial charge in [-0.15, -0.1) is 0 Å². The summed E-state index contributed by atoms with van der Waals surface area (Å²) in [5.41, 5.74) is 2.15. The first-order valence-electron chi connectivity index (χ1n) is 4.94. The Hall–Kier alpha value is -2.14. The summed E-state index contributed by atoms with van der Waals surface area (Å²) in [6.45, 7) is 0. The van der Waals surface area contributed by atoms with Crippen LogP contribution >= 0.6 is 11.3 Å². The van der Waals surface area contributed by atoms with E-state index in [2.05, 4.69) is 4.98 Å². The van der Waals surface area contributed by atoms with Gasteiger partial charge in [0, 0.05) is 16.5 Å². The van der Waals surface area contributed by atoms with Gasteiger partial charge in [0.25, 0.3) is 0 Å². The lowest BCUT2D eigenvalue weighted by Gasteiger charge is -1.97. The van der Waals surface area contributed by atoms with Gasteiger partial charge in [0.1, 0.15) is 0 Å². The number of hydrogen-bond acceptors (Lipinski definition) is 4. The first-order chi connectivity index (χ1) is 8.24. The van der Waals surface area contributed by atoms with Crippen LogP contribution in [0.1, 0.15) is 15.9 Å². The van der Waals surface area contributed by atoms with Crippen LogP contribution in [0.4, 0.5) is 0 Å². The van der Waals surface area contributed by atoms with Crippen molar-refractivity contribution in [2.75, 3.05) is 0 Å². The van der Waals surface area contributed by atoms with Crippen LogP contribution in [0.2, 0.25) is 0 Å². The van der Waals surface area contributed by atoms with E-state index in [1.807, 2.05) is 5.38 Å². The van der Waals surface area contributed by atoms with E-state index in [1.165, 1.54) is 11.3 Å². The van der Waals surface area contributed by atoms with Crippen molar-refractivity contribution in [3.63, 3.8) is 0 Å². The number of rotatable bonds is 2. The lowest BCUT2D eigenvalue weighted by Crippen LogP contribution is -1.98. The van der Waals surface area contributed by atoms with Crippen LogP contribution in [0.5, 0.6) is 0 Å². The molecule has 0 bridgehead atoms. The van der Waals surface area contributed by atoms with E-state index < -0.39 is 5.76 Å². The molecule has 0 unspecified atom stereocenters. The average molecular weight is 245 g/mol. The minimum atomic E-state index is -0.514. The predicted octanol–water partition coefficient (Wildman–Crippen LogP) is 2.41. The second-order valence-electron chi connectivity index (χ2n) is 3.57. The summed E-state index contributed by atoms with van der Waals surface area (Å²) in [6.07, 6.45) is 0. The quantitative estimate of drug-likeness (QED) is 0.705. The molecule has 0 saturated heterocycles. The van der Waals surface area contributed by atoms with Crippen LogP contribution in [0.25, 0.3) is 11.1 Å². The number of aromatic amines is 1. The minimum Gasteiger partial charge on any atom is -0.408 e. The number of fused-ring (bicyclic) bond motifs is 1. The van der Waals surface area contributed by atoms with Crippen molar-refractivity contribution in [3.8, 4) is 0 Å². The molecule has 1 aromatic carbocycles. The Labute approximate surface area is 99.5 Å². The number of thiophene rings is 1. The van der Waals surface area contributed by atoms with E-state index in [0.717, 1.165) is 0 Å². The molecule has 0 radical (unpaired) electrons. The summed E-state index contributed by atoms with van der Waals surface area (Å²) in [6, 6.07) is 6.69. The zero-order valence-electron chi connectivity index (χ0n) is 8.60. The van der Waals surface area contributed by atoms with Gasteiger partial charge in [-0.3, -0.25) is 9.78 Å². The molecule has 0 spiro atoms. The molecular weight excluding hydrogens is 238 g/mol. The van der Waals surface area contributed by atoms with Crippen LogP contribution in [0.3, 0.4) is 0 Å². The number of carbonyl (C=O) groups is 1. The molecule has 84 valence electrons. The monoisotopic (exact) mass is 245 g/mol. The molecule has 3 rings (SSSR count). The highest BCUT2D eigenvalue weighted by Crippen LogP contribution is 2.17. The third-order valence-electron chi connectivity index (χ3n) is 2.47. The minimum absolute atomic E-state index is 0.0722. The molecule has 0 fully saturated rings. The molecule has 0 amide bonds. The smallest absolute Gasteiger partial charge is 0.408 e. The van der Waals surface area contributed by atoms with Gasteiger partial charge in [0.15, 0.2) is 11.4 Å². The van der Waals surface area contributed by atoms with Crippen LogP contribution < -0.4 is 5.76 Å². The van der Waals surface area contributed by atoms with Gasteiger partial charge in [0.05, 0.1) is 5.52 Å². The number of benzene rings is 1. The fourth-order valence-electron chi connectivity index (χ4n) is 1.65. The van der Waals surface area contributed by atoms with E-state index in [0.29, 0.717) is 22.2 Å². The highest BCUT2D eigenvalue weighted by molar-refractivity contribution is 7.08. The maximum absolute atomic E-state index is 12.0. The Bertz CT molecular complexity index is 737. The maximum atomic E-state index is 12.0. The maximum Gasteiger partial charge on any atom is 0.417 e. The van der Waals surface area contributed by atoms with Gasteiger partial charge in [0.2, 0.25) is 0 Å². The molecule has 0 aliphatic heterocycles. The number of carbonyl (C=O) groups excluding carboxylic acids is 1. The number of hydrogen-bond donors (Lipinski definition) is 1. The SMILES string of the molecule is O=C(c1ccsc1)c1ccc2[nH]c(=O)oc2c1. The van der Waals surface area contributed by atoms with Gasteiger partial charge < -0.3 is 4.42 Å².